The van der Waals surface area contributed by atoms with E-state index in [-0.39, 0.29) is 6.09 Å². The highest BCUT2D eigenvalue weighted by Gasteiger charge is 2.25. The first kappa shape index (κ1) is 16.9. The van der Waals surface area contributed by atoms with E-state index >= 15 is 0 Å². The normalized spacial score (nSPS) is 27.5. The Bertz CT molecular complexity index is 338. The summed E-state index contributed by atoms with van der Waals surface area (Å²) in [4.78, 5) is 14.0. The Morgan fingerprint density at radius 2 is 2.10 bits per heavy atom. The maximum absolute atomic E-state index is 12.1. The van der Waals surface area contributed by atoms with E-state index in [1.54, 1.807) is 0 Å². The Hall–Kier alpha value is -0.420. The lowest BCUT2D eigenvalue weighted by atomic mass is 10.1. The van der Waals surface area contributed by atoms with Crippen LogP contribution in [0, 0.1) is 5.92 Å². The average molecular weight is 314 g/mol. The fraction of sp³-hybridized carbons (Fsp3) is 0.938. The predicted molar refractivity (Wildman–Crippen MR) is 88.9 cm³/mol. The lowest BCUT2D eigenvalue weighted by molar-refractivity contribution is 0.0256. The van der Waals surface area contributed by atoms with Gasteiger partial charge >= 0.3 is 6.09 Å². The fourth-order valence-corrected chi connectivity index (χ4v) is 4.17. The maximum atomic E-state index is 12.1. The number of nitrogens with zero attached hydrogens (tertiary/aromatic N) is 1. The number of carbonyl (C=O) groups is 1. The van der Waals surface area contributed by atoms with E-state index in [1.807, 2.05) is 25.7 Å². The van der Waals surface area contributed by atoms with Crippen LogP contribution in [-0.4, -0.2) is 53.8 Å². The number of nitrogens with one attached hydrogen (secondary N) is 1. The van der Waals surface area contributed by atoms with Gasteiger partial charge in [0, 0.05) is 19.1 Å². The van der Waals surface area contributed by atoms with Crippen molar-refractivity contribution in [2.45, 2.75) is 58.1 Å². The fourth-order valence-electron chi connectivity index (χ4n) is 2.89. The molecular weight excluding hydrogens is 284 g/mol. The lowest BCUT2D eigenvalue weighted by Crippen LogP contribution is -2.38. The maximum Gasteiger partial charge on any atom is 0.410 e. The SMILES string of the molecule is CC(C)(C)OC(=O)N1CCCC(NCC2CCSC2)CC1. The molecule has 1 amide bonds. The zero-order valence-electron chi connectivity index (χ0n) is 13.7. The van der Waals surface area contributed by atoms with Crippen molar-refractivity contribution < 1.29 is 9.53 Å². The number of hydrogen-bond acceptors (Lipinski definition) is 4. The molecule has 0 aromatic carbocycles. The van der Waals surface area contributed by atoms with E-state index in [1.165, 1.54) is 24.3 Å². The molecule has 2 aliphatic heterocycles. The summed E-state index contributed by atoms with van der Waals surface area (Å²) < 4.78 is 5.47. The van der Waals surface area contributed by atoms with E-state index < -0.39 is 5.60 Å². The minimum atomic E-state index is -0.402. The first-order valence-corrected chi connectivity index (χ1v) is 9.38. The molecule has 2 heterocycles. The van der Waals surface area contributed by atoms with Gasteiger partial charge in [0.15, 0.2) is 0 Å². The van der Waals surface area contributed by atoms with Gasteiger partial charge in [-0.2, -0.15) is 11.8 Å². The first-order chi connectivity index (χ1) is 9.94. The van der Waals surface area contributed by atoms with Gasteiger partial charge < -0.3 is 15.0 Å². The molecule has 2 saturated heterocycles. The molecule has 0 aromatic rings. The predicted octanol–water partition coefficient (Wildman–Crippen LogP) is 3.12. The molecule has 2 rings (SSSR count). The number of likely N-dealkylation sites (tertiary alicyclic amines) is 1. The molecule has 2 aliphatic rings. The van der Waals surface area contributed by atoms with Crippen molar-refractivity contribution in [1.29, 1.82) is 0 Å². The van der Waals surface area contributed by atoms with Crippen molar-refractivity contribution in [1.82, 2.24) is 10.2 Å². The van der Waals surface area contributed by atoms with Crippen LogP contribution < -0.4 is 5.32 Å². The molecule has 0 saturated carbocycles. The Kier molecular flexibility index (Phi) is 6.23. The van der Waals surface area contributed by atoms with Gasteiger partial charge in [0.25, 0.3) is 0 Å². The van der Waals surface area contributed by atoms with Crippen LogP contribution >= 0.6 is 11.8 Å². The quantitative estimate of drug-likeness (QED) is 0.869. The van der Waals surface area contributed by atoms with Crippen molar-refractivity contribution in [3.05, 3.63) is 0 Å². The van der Waals surface area contributed by atoms with Gasteiger partial charge in [0.2, 0.25) is 0 Å². The van der Waals surface area contributed by atoms with Crippen LogP contribution in [0.2, 0.25) is 0 Å². The van der Waals surface area contributed by atoms with Crippen LogP contribution in [-0.2, 0) is 4.74 Å². The van der Waals surface area contributed by atoms with Crippen LogP contribution in [0.1, 0.15) is 46.5 Å². The second kappa shape index (κ2) is 7.73. The second-order valence-electron chi connectivity index (χ2n) is 7.23. The van der Waals surface area contributed by atoms with Gasteiger partial charge in [0.1, 0.15) is 5.60 Å². The minimum Gasteiger partial charge on any atom is -0.444 e. The minimum absolute atomic E-state index is 0.157. The van der Waals surface area contributed by atoms with Crippen molar-refractivity contribution >= 4 is 17.9 Å². The number of thioether (sulfide) groups is 1. The van der Waals surface area contributed by atoms with Crippen molar-refractivity contribution in [2.75, 3.05) is 31.1 Å². The van der Waals surface area contributed by atoms with E-state index in [0.717, 1.165) is 38.4 Å². The zero-order valence-corrected chi connectivity index (χ0v) is 14.5. The molecule has 21 heavy (non-hydrogen) atoms. The van der Waals surface area contributed by atoms with E-state index in [9.17, 15) is 4.79 Å². The summed E-state index contributed by atoms with van der Waals surface area (Å²) in [7, 11) is 0. The molecule has 0 aromatic heterocycles. The topological polar surface area (TPSA) is 41.6 Å². The van der Waals surface area contributed by atoms with Crippen LogP contribution in [0.3, 0.4) is 0 Å². The van der Waals surface area contributed by atoms with Gasteiger partial charge in [-0.3, -0.25) is 0 Å². The standard InChI is InChI=1S/C16H30N2O2S/c1-16(2,3)20-15(19)18-8-4-5-14(6-9-18)17-11-13-7-10-21-12-13/h13-14,17H,4-12H2,1-3H3. The molecule has 0 bridgehead atoms. The Balaban J connectivity index is 1.72. The number of rotatable bonds is 3. The first-order valence-electron chi connectivity index (χ1n) is 8.23. The Morgan fingerprint density at radius 1 is 1.29 bits per heavy atom. The molecule has 1 N–H and O–H groups in total. The number of amides is 1. The highest BCUT2D eigenvalue weighted by molar-refractivity contribution is 7.99. The second-order valence-corrected chi connectivity index (χ2v) is 8.38. The molecular formula is C16H30N2O2S. The van der Waals surface area contributed by atoms with Gasteiger partial charge in [-0.05, 0) is 70.4 Å². The summed E-state index contributed by atoms with van der Waals surface area (Å²) in [6.45, 7) is 8.55. The molecule has 122 valence electrons. The third-order valence-corrected chi connectivity index (χ3v) is 5.33. The molecule has 2 atom stereocenters. The number of hydrogen-bond donors (Lipinski definition) is 1. The highest BCUT2D eigenvalue weighted by atomic mass is 32.2. The van der Waals surface area contributed by atoms with E-state index in [2.05, 4.69) is 17.1 Å². The van der Waals surface area contributed by atoms with Crippen molar-refractivity contribution in [3.63, 3.8) is 0 Å². The van der Waals surface area contributed by atoms with Crippen LogP contribution in [0.25, 0.3) is 0 Å². The number of carbonyl (C=O) groups excluding carboxylic acids is 1. The number of ether oxygens (including phenoxy) is 1. The molecule has 0 spiro atoms. The summed E-state index contributed by atoms with van der Waals surface area (Å²) in [5.41, 5.74) is -0.402. The molecule has 4 nitrogen and oxygen atoms in total. The molecule has 2 fully saturated rings. The summed E-state index contributed by atoms with van der Waals surface area (Å²) in [5, 5.41) is 3.72. The molecule has 5 heteroatoms. The lowest BCUT2D eigenvalue weighted by Gasteiger charge is -2.26. The summed E-state index contributed by atoms with van der Waals surface area (Å²) in [6.07, 6.45) is 4.47. The van der Waals surface area contributed by atoms with Crippen LogP contribution in [0.4, 0.5) is 4.79 Å². The third kappa shape index (κ3) is 6.07. The van der Waals surface area contributed by atoms with Crippen LogP contribution in [0.5, 0.6) is 0 Å². The van der Waals surface area contributed by atoms with Gasteiger partial charge in [-0.25, -0.2) is 4.79 Å². The Labute approximate surface area is 133 Å². The van der Waals surface area contributed by atoms with Gasteiger partial charge in [-0.15, -0.1) is 0 Å². The van der Waals surface area contributed by atoms with Gasteiger partial charge in [-0.1, -0.05) is 0 Å². The summed E-state index contributed by atoms with van der Waals surface area (Å²) in [5.74, 6) is 3.48. The van der Waals surface area contributed by atoms with E-state index in [4.69, 9.17) is 4.74 Å². The van der Waals surface area contributed by atoms with Crippen molar-refractivity contribution in [3.8, 4) is 0 Å². The largest absolute Gasteiger partial charge is 0.444 e. The average Bonchev–Trinajstić information content (AvgIpc) is 2.78. The highest BCUT2D eigenvalue weighted by Crippen LogP contribution is 2.23. The monoisotopic (exact) mass is 314 g/mol. The Morgan fingerprint density at radius 3 is 2.76 bits per heavy atom. The van der Waals surface area contributed by atoms with Crippen LogP contribution in [0.15, 0.2) is 0 Å². The zero-order chi connectivity index (χ0) is 15.3. The van der Waals surface area contributed by atoms with Gasteiger partial charge in [0.05, 0.1) is 0 Å². The van der Waals surface area contributed by atoms with Crippen molar-refractivity contribution in [2.24, 2.45) is 5.92 Å². The smallest absolute Gasteiger partial charge is 0.410 e. The summed E-state index contributed by atoms with van der Waals surface area (Å²) >= 11 is 2.07. The summed E-state index contributed by atoms with van der Waals surface area (Å²) in [6, 6.07) is 0.558. The molecule has 2 unspecified atom stereocenters. The third-order valence-electron chi connectivity index (χ3n) is 4.10. The van der Waals surface area contributed by atoms with E-state index in [0.29, 0.717) is 6.04 Å². The molecule has 0 radical (unpaired) electrons. The molecule has 0 aliphatic carbocycles.